The highest BCUT2D eigenvalue weighted by molar-refractivity contribution is 5.58. The quantitative estimate of drug-likeness (QED) is 0.664. The van der Waals surface area contributed by atoms with Crippen LogP contribution in [-0.4, -0.2) is 31.2 Å². The third kappa shape index (κ3) is 2.96. The van der Waals surface area contributed by atoms with E-state index in [4.69, 9.17) is 10.5 Å². The number of hydrogen-bond donors (Lipinski definition) is 1. The predicted molar refractivity (Wildman–Crippen MR) is 73.7 cm³/mol. The van der Waals surface area contributed by atoms with Crippen molar-refractivity contribution in [2.45, 2.75) is 25.3 Å². The lowest BCUT2D eigenvalue weighted by atomic mass is 10.0. The molecule has 0 spiro atoms. The normalized spacial score (nSPS) is 19.3. The zero-order valence-electron chi connectivity index (χ0n) is 11.0. The topological polar surface area (TPSA) is 81.6 Å². The highest BCUT2D eigenvalue weighted by Gasteiger charge is 2.23. The predicted octanol–water partition coefficient (Wildman–Crippen LogP) is 1.92. The first-order valence-electron chi connectivity index (χ1n) is 6.46. The van der Waals surface area contributed by atoms with E-state index < -0.39 is 4.92 Å². The van der Waals surface area contributed by atoms with Crippen LogP contribution in [0.25, 0.3) is 0 Å². The van der Waals surface area contributed by atoms with Crippen LogP contribution in [0.2, 0.25) is 0 Å². The molecule has 0 bridgehead atoms. The monoisotopic (exact) mass is 265 g/mol. The average Bonchev–Trinajstić information content (AvgIpc) is 2.46. The number of rotatable bonds is 4. The van der Waals surface area contributed by atoms with E-state index in [9.17, 15) is 10.1 Å². The summed E-state index contributed by atoms with van der Waals surface area (Å²) in [5.74, 6) is 0.505. The summed E-state index contributed by atoms with van der Waals surface area (Å²) in [4.78, 5) is 12.7. The highest BCUT2D eigenvalue weighted by Crippen LogP contribution is 2.31. The van der Waals surface area contributed by atoms with Crippen LogP contribution >= 0.6 is 0 Å². The molecule has 0 aromatic heterocycles. The molecule has 104 valence electrons. The highest BCUT2D eigenvalue weighted by atomic mass is 16.6. The molecule has 1 aromatic carbocycles. The van der Waals surface area contributed by atoms with E-state index in [0.29, 0.717) is 12.3 Å². The molecule has 1 unspecified atom stereocenters. The van der Waals surface area contributed by atoms with Crippen molar-refractivity contribution in [1.82, 2.24) is 0 Å². The average molecular weight is 265 g/mol. The fourth-order valence-corrected chi connectivity index (χ4v) is 2.54. The molecule has 6 heteroatoms. The number of benzene rings is 1. The van der Waals surface area contributed by atoms with Crippen LogP contribution in [0.4, 0.5) is 11.4 Å². The van der Waals surface area contributed by atoms with E-state index in [1.54, 1.807) is 6.07 Å². The van der Waals surface area contributed by atoms with Crippen molar-refractivity contribution in [1.29, 1.82) is 0 Å². The van der Waals surface area contributed by atoms with E-state index in [1.165, 1.54) is 13.2 Å². The number of nitrogens with zero attached hydrogens (tertiary/aromatic N) is 2. The molecule has 0 radical (unpaired) electrons. The first kappa shape index (κ1) is 13.6. The minimum Gasteiger partial charge on any atom is -0.496 e. The van der Waals surface area contributed by atoms with Crippen LogP contribution < -0.4 is 15.4 Å². The van der Waals surface area contributed by atoms with E-state index in [-0.39, 0.29) is 11.7 Å². The number of piperidine rings is 1. The van der Waals surface area contributed by atoms with Gasteiger partial charge in [0.1, 0.15) is 5.75 Å². The zero-order chi connectivity index (χ0) is 13.8. The molecule has 1 aliphatic rings. The molecule has 19 heavy (non-hydrogen) atoms. The van der Waals surface area contributed by atoms with E-state index in [2.05, 4.69) is 4.90 Å². The van der Waals surface area contributed by atoms with Gasteiger partial charge in [0.05, 0.1) is 18.1 Å². The summed E-state index contributed by atoms with van der Waals surface area (Å²) in [7, 11) is 1.51. The number of nitro groups is 1. The number of ether oxygens (including phenoxy) is 1. The van der Waals surface area contributed by atoms with Crippen molar-refractivity contribution >= 4 is 11.4 Å². The third-order valence-electron chi connectivity index (χ3n) is 3.55. The molecular weight excluding hydrogens is 246 g/mol. The Labute approximate surface area is 112 Å². The van der Waals surface area contributed by atoms with Gasteiger partial charge in [-0.2, -0.15) is 0 Å². The first-order valence-corrected chi connectivity index (χ1v) is 6.46. The second-order valence-electron chi connectivity index (χ2n) is 4.73. The molecule has 2 rings (SSSR count). The lowest BCUT2D eigenvalue weighted by molar-refractivity contribution is -0.384. The standard InChI is InChI=1S/C13H19N3O3/c1-19-13-7-11(6-12(8-13)16(17)18)15-5-3-2-4-10(15)9-14/h6-8,10H,2-5,9,14H2,1H3. The smallest absolute Gasteiger partial charge is 0.275 e. The van der Waals surface area contributed by atoms with Crippen LogP contribution in [0.5, 0.6) is 5.75 Å². The maximum absolute atomic E-state index is 11.0. The number of nitrogens with two attached hydrogens (primary N) is 1. The Bertz CT molecular complexity index is 464. The molecule has 1 heterocycles. The van der Waals surface area contributed by atoms with Gasteiger partial charge in [0, 0.05) is 37.0 Å². The van der Waals surface area contributed by atoms with Gasteiger partial charge in [-0.3, -0.25) is 10.1 Å². The lowest BCUT2D eigenvalue weighted by Crippen LogP contribution is -2.44. The number of methoxy groups -OCH3 is 1. The Hall–Kier alpha value is -1.82. The summed E-state index contributed by atoms with van der Waals surface area (Å²) < 4.78 is 5.14. The van der Waals surface area contributed by atoms with Crippen molar-refractivity contribution in [2.24, 2.45) is 5.73 Å². The largest absolute Gasteiger partial charge is 0.496 e. The Kier molecular flexibility index (Phi) is 4.21. The van der Waals surface area contributed by atoms with Gasteiger partial charge in [-0.25, -0.2) is 0 Å². The summed E-state index contributed by atoms with van der Waals surface area (Å²) in [6.45, 7) is 1.44. The maximum Gasteiger partial charge on any atom is 0.275 e. The van der Waals surface area contributed by atoms with Crippen molar-refractivity contribution in [3.05, 3.63) is 28.3 Å². The van der Waals surface area contributed by atoms with Crippen LogP contribution in [0.1, 0.15) is 19.3 Å². The molecule has 2 N–H and O–H groups in total. The summed E-state index contributed by atoms with van der Waals surface area (Å²) in [5, 5.41) is 11.0. The van der Waals surface area contributed by atoms with Crippen molar-refractivity contribution in [2.75, 3.05) is 25.1 Å². The van der Waals surface area contributed by atoms with Crippen molar-refractivity contribution in [3.8, 4) is 5.75 Å². The van der Waals surface area contributed by atoms with Gasteiger partial charge in [-0.1, -0.05) is 0 Å². The SMILES string of the molecule is COc1cc(N2CCCCC2CN)cc([N+](=O)[O-])c1. The minimum absolute atomic E-state index is 0.0516. The van der Waals surface area contributed by atoms with Crippen LogP contribution in [0.15, 0.2) is 18.2 Å². The fraction of sp³-hybridized carbons (Fsp3) is 0.538. The fourth-order valence-electron chi connectivity index (χ4n) is 2.54. The lowest BCUT2D eigenvalue weighted by Gasteiger charge is -2.36. The molecular formula is C13H19N3O3. The Morgan fingerprint density at radius 1 is 1.47 bits per heavy atom. The number of non-ortho nitro benzene ring substituents is 1. The number of nitro benzene ring substituents is 1. The summed E-state index contributed by atoms with van der Waals surface area (Å²) >= 11 is 0. The molecule has 1 aromatic rings. The molecule has 0 aliphatic carbocycles. The molecule has 0 amide bonds. The van der Waals surface area contributed by atoms with E-state index in [0.717, 1.165) is 31.5 Å². The third-order valence-corrected chi connectivity index (χ3v) is 3.55. The van der Waals surface area contributed by atoms with Gasteiger partial charge < -0.3 is 15.4 Å². The van der Waals surface area contributed by atoms with Gasteiger partial charge in [0.25, 0.3) is 5.69 Å². The second-order valence-corrected chi connectivity index (χ2v) is 4.73. The second kappa shape index (κ2) is 5.88. The summed E-state index contributed by atoms with van der Waals surface area (Å²) in [6, 6.07) is 5.11. The van der Waals surface area contributed by atoms with Crippen LogP contribution in [0, 0.1) is 10.1 Å². The minimum atomic E-state index is -0.395. The van der Waals surface area contributed by atoms with Crippen LogP contribution in [-0.2, 0) is 0 Å². The van der Waals surface area contributed by atoms with Crippen LogP contribution in [0.3, 0.4) is 0 Å². The van der Waals surface area contributed by atoms with Gasteiger partial charge in [0.2, 0.25) is 0 Å². The Morgan fingerprint density at radius 2 is 2.26 bits per heavy atom. The maximum atomic E-state index is 11.0. The molecule has 6 nitrogen and oxygen atoms in total. The van der Waals surface area contributed by atoms with Gasteiger partial charge in [-0.15, -0.1) is 0 Å². The van der Waals surface area contributed by atoms with Crippen molar-refractivity contribution in [3.63, 3.8) is 0 Å². The van der Waals surface area contributed by atoms with E-state index in [1.807, 2.05) is 6.07 Å². The molecule has 0 saturated carbocycles. The number of anilines is 1. The van der Waals surface area contributed by atoms with Crippen molar-refractivity contribution < 1.29 is 9.66 Å². The van der Waals surface area contributed by atoms with Gasteiger partial charge >= 0.3 is 0 Å². The molecule has 1 fully saturated rings. The van der Waals surface area contributed by atoms with Gasteiger partial charge in [-0.05, 0) is 19.3 Å². The molecule has 1 atom stereocenters. The first-order chi connectivity index (χ1) is 9.15. The Balaban J connectivity index is 2.36. The van der Waals surface area contributed by atoms with Gasteiger partial charge in [0.15, 0.2) is 0 Å². The summed E-state index contributed by atoms with van der Waals surface area (Å²) in [6.07, 6.45) is 3.27. The zero-order valence-corrected chi connectivity index (χ0v) is 11.0. The molecule has 1 aliphatic heterocycles. The molecule has 1 saturated heterocycles. The number of hydrogen-bond acceptors (Lipinski definition) is 5. The summed E-state index contributed by atoms with van der Waals surface area (Å²) in [5.41, 5.74) is 6.66. The van der Waals surface area contributed by atoms with E-state index >= 15 is 0 Å². The Morgan fingerprint density at radius 3 is 2.89 bits per heavy atom.